The molecule has 0 radical (unpaired) electrons. The first-order chi connectivity index (χ1) is 10.4. The van der Waals surface area contributed by atoms with Gasteiger partial charge >= 0.3 is 5.97 Å². The van der Waals surface area contributed by atoms with Crippen molar-refractivity contribution >= 4 is 23.2 Å². The van der Waals surface area contributed by atoms with Crippen LogP contribution < -0.4 is 5.32 Å². The topological polar surface area (TPSA) is 79.3 Å². The number of aryl methyl sites for hydroxylation is 1. The normalized spacial score (nSPS) is 12.0. The Balaban J connectivity index is 2.00. The molecule has 0 spiro atoms. The molecule has 7 heteroatoms. The Morgan fingerprint density at radius 3 is 2.55 bits per heavy atom. The molecule has 0 saturated heterocycles. The summed E-state index contributed by atoms with van der Waals surface area (Å²) in [6, 6.07) is 5.32. The molecule has 1 amide bonds. The number of nitrogens with zero attached hydrogens (tertiary/aromatic N) is 1. The summed E-state index contributed by atoms with van der Waals surface area (Å²) in [7, 11) is 0. The number of thiazole rings is 1. The molecule has 5 nitrogen and oxygen atoms in total. The molecule has 2 N–H and O–H groups in total. The predicted octanol–water partition coefficient (Wildman–Crippen LogP) is 2.71. The van der Waals surface area contributed by atoms with Crippen LogP contribution in [0.4, 0.5) is 4.39 Å². The van der Waals surface area contributed by atoms with Crippen LogP contribution in [0.15, 0.2) is 24.3 Å². The summed E-state index contributed by atoms with van der Waals surface area (Å²) in [5.74, 6) is -1.60. The summed E-state index contributed by atoms with van der Waals surface area (Å²) in [4.78, 5) is 27.3. The van der Waals surface area contributed by atoms with Crippen LogP contribution in [0.3, 0.4) is 0 Å². The van der Waals surface area contributed by atoms with E-state index in [9.17, 15) is 14.0 Å². The molecule has 1 heterocycles. The van der Waals surface area contributed by atoms with Crippen LogP contribution in [0.25, 0.3) is 0 Å². The number of carbonyl (C=O) groups is 2. The van der Waals surface area contributed by atoms with Gasteiger partial charge in [0.05, 0.1) is 18.2 Å². The molecule has 1 atom stereocenters. The summed E-state index contributed by atoms with van der Waals surface area (Å²) >= 11 is 1.05. The molecule has 1 aromatic carbocycles. The fraction of sp³-hybridized carbons (Fsp3) is 0.267. The molecule has 0 aliphatic heterocycles. The van der Waals surface area contributed by atoms with E-state index >= 15 is 0 Å². The number of aromatic nitrogens is 1. The van der Waals surface area contributed by atoms with E-state index in [1.807, 2.05) is 0 Å². The molecular weight excluding hydrogens is 307 g/mol. The highest BCUT2D eigenvalue weighted by Crippen LogP contribution is 2.23. The van der Waals surface area contributed by atoms with Crippen molar-refractivity contribution in [3.05, 3.63) is 51.2 Å². The zero-order valence-corrected chi connectivity index (χ0v) is 12.9. The van der Waals surface area contributed by atoms with Crippen molar-refractivity contribution in [1.82, 2.24) is 10.3 Å². The van der Waals surface area contributed by atoms with Crippen molar-refractivity contribution in [2.24, 2.45) is 0 Å². The minimum absolute atomic E-state index is 0.126. The number of hydrogen-bond donors (Lipinski definition) is 2. The Morgan fingerprint density at radius 2 is 2.00 bits per heavy atom. The van der Waals surface area contributed by atoms with Crippen molar-refractivity contribution in [2.75, 3.05) is 0 Å². The summed E-state index contributed by atoms with van der Waals surface area (Å²) in [6.07, 6.45) is 0.126. The first-order valence-electron chi connectivity index (χ1n) is 6.61. The Hall–Kier alpha value is -2.28. The summed E-state index contributed by atoms with van der Waals surface area (Å²) < 4.78 is 12.8. The van der Waals surface area contributed by atoms with E-state index in [1.54, 1.807) is 26.0 Å². The molecule has 0 aliphatic rings. The average molecular weight is 322 g/mol. The van der Waals surface area contributed by atoms with E-state index in [0.717, 1.165) is 11.3 Å². The van der Waals surface area contributed by atoms with Gasteiger partial charge in [-0.3, -0.25) is 4.79 Å². The molecular formula is C15H15FN2O3S. The van der Waals surface area contributed by atoms with Crippen LogP contribution in [0.5, 0.6) is 0 Å². The van der Waals surface area contributed by atoms with Crippen LogP contribution in [0.2, 0.25) is 0 Å². The van der Waals surface area contributed by atoms with Gasteiger partial charge in [-0.25, -0.2) is 14.2 Å². The molecule has 2 aromatic rings. The van der Waals surface area contributed by atoms with Gasteiger partial charge in [0, 0.05) is 0 Å². The fourth-order valence-corrected chi connectivity index (χ4v) is 2.85. The minimum Gasteiger partial charge on any atom is -0.477 e. The van der Waals surface area contributed by atoms with Crippen molar-refractivity contribution in [3.8, 4) is 0 Å². The second kappa shape index (κ2) is 6.65. The van der Waals surface area contributed by atoms with Gasteiger partial charge < -0.3 is 10.4 Å². The first-order valence-corrected chi connectivity index (χ1v) is 7.43. The zero-order valence-electron chi connectivity index (χ0n) is 12.1. The molecule has 0 fully saturated rings. The second-order valence-electron chi connectivity index (χ2n) is 4.86. The number of rotatable bonds is 5. The SMILES string of the molecule is Cc1nc(C(C)NC(=O)Cc2ccc(F)cc2)sc1C(=O)O. The van der Waals surface area contributed by atoms with Gasteiger partial charge in [-0.15, -0.1) is 11.3 Å². The van der Waals surface area contributed by atoms with Crippen LogP contribution in [0.1, 0.15) is 38.9 Å². The number of carbonyl (C=O) groups excluding carboxylic acids is 1. The first kappa shape index (κ1) is 16.1. The summed E-state index contributed by atoms with van der Waals surface area (Å²) in [5, 5.41) is 12.3. The molecule has 0 bridgehead atoms. The molecule has 1 unspecified atom stereocenters. The van der Waals surface area contributed by atoms with E-state index in [1.165, 1.54) is 12.1 Å². The Morgan fingerprint density at radius 1 is 1.36 bits per heavy atom. The molecule has 22 heavy (non-hydrogen) atoms. The van der Waals surface area contributed by atoms with Gasteiger partial charge in [-0.05, 0) is 31.5 Å². The number of benzene rings is 1. The maximum Gasteiger partial charge on any atom is 0.347 e. The van der Waals surface area contributed by atoms with Crippen molar-refractivity contribution in [1.29, 1.82) is 0 Å². The molecule has 0 saturated carbocycles. The van der Waals surface area contributed by atoms with Crippen LogP contribution in [-0.2, 0) is 11.2 Å². The Labute approximate surface area is 130 Å². The minimum atomic E-state index is -1.02. The van der Waals surface area contributed by atoms with Crippen LogP contribution >= 0.6 is 11.3 Å². The van der Waals surface area contributed by atoms with Gasteiger partial charge in [-0.2, -0.15) is 0 Å². The Bertz CT molecular complexity index is 697. The maximum absolute atomic E-state index is 12.8. The quantitative estimate of drug-likeness (QED) is 0.887. The van der Waals surface area contributed by atoms with Gasteiger partial charge in [0.15, 0.2) is 0 Å². The van der Waals surface area contributed by atoms with Crippen molar-refractivity contribution in [3.63, 3.8) is 0 Å². The third-order valence-electron chi connectivity index (χ3n) is 3.03. The number of hydrogen-bond acceptors (Lipinski definition) is 4. The van der Waals surface area contributed by atoms with E-state index in [-0.39, 0.29) is 29.1 Å². The van der Waals surface area contributed by atoms with Crippen molar-refractivity contribution < 1.29 is 19.1 Å². The fourth-order valence-electron chi connectivity index (χ4n) is 1.94. The van der Waals surface area contributed by atoms with Crippen molar-refractivity contribution in [2.45, 2.75) is 26.3 Å². The number of nitrogens with one attached hydrogen (secondary N) is 1. The average Bonchev–Trinajstić information content (AvgIpc) is 2.83. The van der Waals surface area contributed by atoms with E-state index in [4.69, 9.17) is 5.11 Å². The number of amides is 1. The Kier molecular flexibility index (Phi) is 4.87. The van der Waals surface area contributed by atoms with Crippen LogP contribution in [-0.4, -0.2) is 22.0 Å². The smallest absolute Gasteiger partial charge is 0.347 e. The van der Waals surface area contributed by atoms with Gasteiger partial charge in [0.1, 0.15) is 15.7 Å². The van der Waals surface area contributed by atoms with E-state index < -0.39 is 5.97 Å². The third-order valence-corrected chi connectivity index (χ3v) is 4.36. The number of halogens is 1. The van der Waals surface area contributed by atoms with Gasteiger partial charge in [0.2, 0.25) is 5.91 Å². The summed E-state index contributed by atoms with van der Waals surface area (Å²) in [5.41, 5.74) is 1.14. The summed E-state index contributed by atoms with van der Waals surface area (Å²) in [6.45, 7) is 3.36. The highest BCUT2D eigenvalue weighted by atomic mass is 32.1. The largest absolute Gasteiger partial charge is 0.477 e. The van der Waals surface area contributed by atoms with Crippen LogP contribution in [0, 0.1) is 12.7 Å². The van der Waals surface area contributed by atoms with Gasteiger partial charge in [0.25, 0.3) is 0 Å². The lowest BCUT2D eigenvalue weighted by molar-refractivity contribution is -0.121. The highest BCUT2D eigenvalue weighted by Gasteiger charge is 2.19. The number of aromatic carboxylic acids is 1. The maximum atomic E-state index is 12.8. The lowest BCUT2D eigenvalue weighted by atomic mass is 10.1. The third kappa shape index (κ3) is 3.88. The number of carboxylic acid groups (broad SMARTS) is 1. The second-order valence-corrected chi connectivity index (χ2v) is 5.89. The lowest BCUT2D eigenvalue weighted by Crippen LogP contribution is -2.28. The molecule has 2 rings (SSSR count). The zero-order chi connectivity index (χ0) is 16.3. The standard InChI is InChI=1S/C15H15FN2O3S/c1-8-13(15(20)21)22-14(18-8)9(2)17-12(19)7-10-3-5-11(16)6-4-10/h3-6,9H,7H2,1-2H3,(H,17,19)(H,20,21). The van der Waals surface area contributed by atoms with E-state index in [2.05, 4.69) is 10.3 Å². The number of carboxylic acids is 1. The van der Waals surface area contributed by atoms with E-state index in [0.29, 0.717) is 16.3 Å². The lowest BCUT2D eigenvalue weighted by Gasteiger charge is -2.11. The predicted molar refractivity (Wildman–Crippen MR) is 80.5 cm³/mol. The van der Waals surface area contributed by atoms with Gasteiger partial charge in [-0.1, -0.05) is 12.1 Å². The monoisotopic (exact) mass is 322 g/mol. The molecule has 1 aromatic heterocycles. The molecule has 0 aliphatic carbocycles. The molecule has 116 valence electrons. The highest BCUT2D eigenvalue weighted by molar-refractivity contribution is 7.13.